The van der Waals surface area contributed by atoms with E-state index in [2.05, 4.69) is 11.2 Å². The van der Waals surface area contributed by atoms with E-state index in [1.807, 2.05) is 0 Å². The van der Waals surface area contributed by atoms with E-state index in [4.69, 9.17) is 12.2 Å². The van der Waals surface area contributed by atoms with Crippen molar-refractivity contribution in [1.82, 2.24) is 5.32 Å². The fraction of sp³-hybridized carbons (Fsp3) is 0.769. The summed E-state index contributed by atoms with van der Waals surface area (Å²) in [5, 5.41) is 2.95. The normalized spacial score (nSPS) is 24.8. The molecule has 16 heavy (non-hydrogen) atoms. The summed E-state index contributed by atoms with van der Waals surface area (Å²) in [6.45, 7) is 0.726. The number of nitrogens with one attached hydrogen (secondary N) is 1. The first-order valence-corrected chi connectivity index (χ1v) is 6.22. The van der Waals surface area contributed by atoms with Crippen molar-refractivity contribution in [2.75, 3.05) is 6.54 Å². The van der Waals surface area contributed by atoms with E-state index in [1.54, 1.807) is 0 Å². The maximum Gasteiger partial charge on any atom is 0.224 e. The monoisotopic (exact) mass is 222 g/mol. The summed E-state index contributed by atoms with van der Waals surface area (Å²) in [5.74, 6) is 2.75. The molecule has 0 aromatic heterocycles. The van der Waals surface area contributed by atoms with Crippen molar-refractivity contribution >= 4 is 5.91 Å². The summed E-state index contributed by atoms with van der Waals surface area (Å²) in [5.41, 5.74) is 5.94. The van der Waals surface area contributed by atoms with Gasteiger partial charge in [0.05, 0.1) is 5.92 Å². The van der Waals surface area contributed by atoms with E-state index in [1.165, 1.54) is 0 Å². The summed E-state index contributed by atoms with van der Waals surface area (Å²) in [4.78, 5) is 11.8. The molecule has 0 aliphatic heterocycles. The predicted octanol–water partition coefficient (Wildman–Crippen LogP) is 1.42. The van der Waals surface area contributed by atoms with Gasteiger partial charge in [0.25, 0.3) is 0 Å². The van der Waals surface area contributed by atoms with Gasteiger partial charge in [-0.05, 0) is 25.7 Å². The zero-order valence-corrected chi connectivity index (χ0v) is 9.87. The summed E-state index contributed by atoms with van der Waals surface area (Å²) < 4.78 is 0. The molecule has 1 aliphatic carbocycles. The lowest BCUT2D eigenvalue weighted by Gasteiger charge is -2.27. The number of carbonyl (C=O) groups is 1. The number of amides is 1. The third kappa shape index (κ3) is 4.24. The third-order valence-corrected chi connectivity index (χ3v) is 3.20. The summed E-state index contributed by atoms with van der Waals surface area (Å²) in [6, 6.07) is 0.0551. The summed E-state index contributed by atoms with van der Waals surface area (Å²) in [7, 11) is 0. The highest BCUT2D eigenvalue weighted by atomic mass is 16.1. The van der Waals surface area contributed by atoms with Gasteiger partial charge in [-0.1, -0.05) is 12.8 Å². The molecule has 3 nitrogen and oxygen atoms in total. The first-order chi connectivity index (χ1) is 7.75. The van der Waals surface area contributed by atoms with Crippen molar-refractivity contribution in [3.05, 3.63) is 0 Å². The molecule has 1 fully saturated rings. The van der Waals surface area contributed by atoms with Crippen LogP contribution in [0.25, 0.3) is 0 Å². The quantitative estimate of drug-likeness (QED) is 0.546. The number of hydrogen-bond donors (Lipinski definition) is 2. The number of nitrogens with two attached hydrogens (primary N) is 1. The Kier molecular flexibility index (Phi) is 5.95. The largest absolute Gasteiger partial charge is 0.356 e. The summed E-state index contributed by atoms with van der Waals surface area (Å²) >= 11 is 0. The van der Waals surface area contributed by atoms with Crippen molar-refractivity contribution < 1.29 is 4.79 Å². The number of carbonyl (C=O) groups excluding carboxylic acids is 1. The maximum atomic E-state index is 11.8. The highest BCUT2D eigenvalue weighted by Gasteiger charge is 2.27. The molecule has 0 heterocycles. The van der Waals surface area contributed by atoms with Crippen molar-refractivity contribution in [2.45, 2.75) is 51.0 Å². The molecule has 1 amide bonds. The van der Waals surface area contributed by atoms with Crippen molar-refractivity contribution in [3.63, 3.8) is 0 Å². The fourth-order valence-electron chi connectivity index (χ4n) is 2.18. The first-order valence-electron chi connectivity index (χ1n) is 6.22. The second kappa shape index (κ2) is 7.29. The Labute approximate surface area is 98.2 Å². The van der Waals surface area contributed by atoms with Crippen LogP contribution in [0.3, 0.4) is 0 Å². The zero-order chi connectivity index (χ0) is 11.8. The number of hydrogen-bond acceptors (Lipinski definition) is 2. The van der Waals surface area contributed by atoms with Crippen LogP contribution < -0.4 is 11.1 Å². The lowest BCUT2D eigenvalue weighted by atomic mass is 9.84. The molecule has 0 bridgehead atoms. The molecule has 3 N–H and O–H groups in total. The van der Waals surface area contributed by atoms with Crippen LogP contribution >= 0.6 is 0 Å². The molecule has 1 rings (SSSR count). The molecule has 2 unspecified atom stereocenters. The maximum absolute atomic E-state index is 11.8. The molecule has 0 saturated heterocycles. The molecule has 1 aliphatic rings. The van der Waals surface area contributed by atoms with Crippen LogP contribution in [0.5, 0.6) is 0 Å². The van der Waals surface area contributed by atoms with Crippen LogP contribution in [-0.2, 0) is 4.79 Å². The zero-order valence-electron chi connectivity index (χ0n) is 9.87. The van der Waals surface area contributed by atoms with Gasteiger partial charge in [0.1, 0.15) is 0 Å². The van der Waals surface area contributed by atoms with Gasteiger partial charge in [0.15, 0.2) is 0 Å². The van der Waals surface area contributed by atoms with Crippen molar-refractivity contribution in [1.29, 1.82) is 0 Å². The lowest BCUT2D eigenvalue weighted by Crippen LogP contribution is -2.43. The minimum atomic E-state index is 0.0291. The van der Waals surface area contributed by atoms with Gasteiger partial charge >= 0.3 is 0 Å². The highest BCUT2D eigenvalue weighted by Crippen LogP contribution is 2.22. The van der Waals surface area contributed by atoms with Gasteiger partial charge in [-0.15, -0.1) is 12.3 Å². The number of unbranched alkanes of at least 4 members (excludes halogenated alkanes) is 2. The van der Waals surface area contributed by atoms with Crippen LogP contribution in [-0.4, -0.2) is 18.5 Å². The minimum absolute atomic E-state index is 0.0291. The molecular weight excluding hydrogens is 200 g/mol. The number of terminal acetylenes is 1. The number of rotatable bonds is 5. The molecule has 0 radical (unpaired) electrons. The third-order valence-electron chi connectivity index (χ3n) is 3.20. The predicted molar refractivity (Wildman–Crippen MR) is 65.6 cm³/mol. The van der Waals surface area contributed by atoms with E-state index in [0.29, 0.717) is 0 Å². The average Bonchev–Trinajstić information content (AvgIpc) is 2.29. The molecule has 90 valence electrons. The Morgan fingerprint density at radius 2 is 2.12 bits per heavy atom. The fourth-order valence-corrected chi connectivity index (χ4v) is 2.18. The van der Waals surface area contributed by atoms with Crippen molar-refractivity contribution in [3.8, 4) is 12.3 Å². The van der Waals surface area contributed by atoms with Crippen LogP contribution in [0.2, 0.25) is 0 Å². The SMILES string of the molecule is C#CCCCCNC(=O)C1CCCCC1N. The Hall–Kier alpha value is -1.01. The van der Waals surface area contributed by atoms with Crippen LogP contribution in [0.15, 0.2) is 0 Å². The molecule has 3 heteroatoms. The van der Waals surface area contributed by atoms with Gasteiger partial charge in [-0.2, -0.15) is 0 Å². The molecule has 0 aromatic rings. The van der Waals surface area contributed by atoms with Gasteiger partial charge in [-0.3, -0.25) is 4.79 Å². The average molecular weight is 222 g/mol. The van der Waals surface area contributed by atoms with Gasteiger partial charge < -0.3 is 11.1 Å². The van der Waals surface area contributed by atoms with Gasteiger partial charge in [0.2, 0.25) is 5.91 Å². The van der Waals surface area contributed by atoms with Crippen molar-refractivity contribution in [2.24, 2.45) is 11.7 Å². The molecule has 1 saturated carbocycles. The van der Waals surface area contributed by atoms with E-state index in [-0.39, 0.29) is 17.9 Å². The Morgan fingerprint density at radius 1 is 1.38 bits per heavy atom. The Bertz CT molecular complexity index is 257. The van der Waals surface area contributed by atoms with Crippen LogP contribution in [0.1, 0.15) is 44.9 Å². The standard InChI is InChI=1S/C13H22N2O/c1-2-3-4-7-10-15-13(16)11-8-5-6-9-12(11)14/h1,11-12H,3-10,14H2,(H,15,16). The molecular formula is C13H22N2O. The molecule has 2 atom stereocenters. The highest BCUT2D eigenvalue weighted by molar-refractivity contribution is 5.79. The smallest absolute Gasteiger partial charge is 0.224 e. The van der Waals surface area contributed by atoms with Gasteiger partial charge in [0, 0.05) is 19.0 Å². The van der Waals surface area contributed by atoms with Gasteiger partial charge in [-0.25, -0.2) is 0 Å². The lowest BCUT2D eigenvalue weighted by molar-refractivity contribution is -0.126. The van der Waals surface area contributed by atoms with E-state index in [9.17, 15) is 4.79 Å². The molecule has 0 spiro atoms. The Balaban J connectivity index is 2.16. The second-order valence-corrected chi connectivity index (χ2v) is 4.51. The topological polar surface area (TPSA) is 55.1 Å². The minimum Gasteiger partial charge on any atom is -0.356 e. The summed E-state index contributed by atoms with van der Waals surface area (Å²) in [6.07, 6.45) is 12.1. The van der Waals surface area contributed by atoms with E-state index in [0.717, 1.165) is 51.5 Å². The van der Waals surface area contributed by atoms with Crippen LogP contribution in [0, 0.1) is 18.3 Å². The van der Waals surface area contributed by atoms with Crippen LogP contribution in [0.4, 0.5) is 0 Å². The Morgan fingerprint density at radius 3 is 2.81 bits per heavy atom. The molecule has 0 aromatic carbocycles. The van der Waals surface area contributed by atoms with E-state index < -0.39 is 0 Å². The van der Waals surface area contributed by atoms with E-state index >= 15 is 0 Å². The first kappa shape index (κ1) is 13.1. The second-order valence-electron chi connectivity index (χ2n) is 4.51.